The Morgan fingerprint density at radius 3 is 2.76 bits per heavy atom. The van der Waals surface area contributed by atoms with E-state index in [4.69, 9.17) is 14.7 Å². The van der Waals surface area contributed by atoms with Crippen molar-refractivity contribution in [2.45, 2.75) is 26.2 Å². The van der Waals surface area contributed by atoms with E-state index in [2.05, 4.69) is 10.1 Å². The van der Waals surface area contributed by atoms with Gasteiger partial charge in [-0.15, -0.1) is 0 Å². The summed E-state index contributed by atoms with van der Waals surface area (Å²) in [5, 5.41) is 12.2. The Kier molecular flexibility index (Phi) is 5.87. The lowest BCUT2D eigenvalue weighted by Crippen LogP contribution is -2.22. The van der Waals surface area contributed by atoms with Gasteiger partial charge in [-0.3, -0.25) is 0 Å². The molecule has 0 amide bonds. The van der Waals surface area contributed by atoms with Gasteiger partial charge in [-0.1, -0.05) is 5.16 Å². The van der Waals surface area contributed by atoms with E-state index in [0.717, 1.165) is 24.3 Å². The Balaban J connectivity index is 1.93. The van der Waals surface area contributed by atoms with Crippen molar-refractivity contribution in [2.75, 3.05) is 33.4 Å². The predicted molar refractivity (Wildman–Crippen MR) is 82.8 cm³/mol. The molecule has 0 saturated carbocycles. The van der Waals surface area contributed by atoms with Crippen LogP contribution in [0.3, 0.4) is 0 Å². The van der Waals surface area contributed by atoms with Crippen molar-refractivity contribution in [3.05, 3.63) is 23.8 Å². The monoisotopic (exact) mass is 292 g/mol. The molecule has 1 saturated heterocycles. The summed E-state index contributed by atoms with van der Waals surface area (Å²) in [6.45, 7) is 5.89. The molecule has 0 bridgehead atoms. The number of ether oxygens (including phenoxy) is 2. The molecular weight excluding hydrogens is 268 g/mol. The Labute approximate surface area is 126 Å². The van der Waals surface area contributed by atoms with Gasteiger partial charge >= 0.3 is 0 Å². The summed E-state index contributed by atoms with van der Waals surface area (Å²) in [6, 6.07) is 5.52. The highest BCUT2D eigenvalue weighted by molar-refractivity contribution is 6.00. The van der Waals surface area contributed by atoms with Crippen molar-refractivity contribution in [3.8, 4) is 11.5 Å². The average Bonchev–Trinajstić information content (AvgIpc) is 3.04. The van der Waals surface area contributed by atoms with Crippen molar-refractivity contribution in [1.29, 1.82) is 0 Å². The molecule has 1 aromatic rings. The summed E-state index contributed by atoms with van der Waals surface area (Å²) in [7, 11) is 1.62. The van der Waals surface area contributed by atoms with E-state index in [-0.39, 0.29) is 0 Å². The predicted octanol–water partition coefficient (Wildman–Crippen LogP) is 2.76. The number of rotatable bonds is 7. The van der Waals surface area contributed by atoms with Crippen LogP contribution in [-0.4, -0.2) is 49.2 Å². The zero-order chi connectivity index (χ0) is 15.1. The minimum absolute atomic E-state index is 0.534. The molecule has 1 aliphatic heterocycles. The van der Waals surface area contributed by atoms with E-state index in [0.29, 0.717) is 18.1 Å². The van der Waals surface area contributed by atoms with Gasteiger partial charge in [0.1, 0.15) is 11.5 Å². The minimum atomic E-state index is 0.534. The number of benzene rings is 1. The fraction of sp³-hybridized carbons (Fsp3) is 0.562. The first-order chi connectivity index (χ1) is 10.2. The van der Waals surface area contributed by atoms with Gasteiger partial charge in [-0.05, 0) is 51.4 Å². The van der Waals surface area contributed by atoms with Crippen LogP contribution >= 0.6 is 0 Å². The van der Waals surface area contributed by atoms with Crippen molar-refractivity contribution in [2.24, 2.45) is 5.16 Å². The number of hydrogen-bond donors (Lipinski definition) is 1. The summed E-state index contributed by atoms with van der Waals surface area (Å²) in [6.07, 6.45) is 3.62. The van der Waals surface area contributed by atoms with Crippen LogP contribution in [0, 0.1) is 0 Å². The Morgan fingerprint density at radius 2 is 2.10 bits per heavy atom. The van der Waals surface area contributed by atoms with Crippen molar-refractivity contribution in [1.82, 2.24) is 4.90 Å². The SMILES string of the molecule is COc1ccc(/C(C)=N/O)c(OCCCN2CCCC2)c1. The normalized spacial score (nSPS) is 16.2. The number of oxime groups is 1. The second-order valence-corrected chi connectivity index (χ2v) is 5.30. The highest BCUT2D eigenvalue weighted by Gasteiger charge is 2.12. The second kappa shape index (κ2) is 7.88. The largest absolute Gasteiger partial charge is 0.497 e. The molecule has 116 valence electrons. The van der Waals surface area contributed by atoms with Crippen LogP contribution in [0.15, 0.2) is 23.4 Å². The topological polar surface area (TPSA) is 54.3 Å². The van der Waals surface area contributed by atoms with E-state index >= 15 is 0 Å². The molecule has 21 heavy (non-hydrogen) atoms. The Hall–Kier alpha value is -1.75. The van der Waals surface area contributed by atoms with Gasteiger partial charge in [-0.25, -0.2) is 0 Å². The fourth-order valence-electron chi connectivity index (χ4n) is 2.58. The summed E-state index contributed by atoms with van der Waals surface area (Å²) >= 11 is 0. The van der Waals surface area contributed by atoms with Gasteiger partial charge in [0, 0.05) is 18.2 Å². The number of hydrogen-bond acceptors (Lipinski definition) is 5. The van der Waals surface area contributed by atoms with Crippen LogP contribution in [0.1, 0.15) is 31.7 Å². The van der Waals surface area contributed by atoms with Crippen LogP contribution in [0.5, 0.6) is 11.5 Å². The Morgan fingerprint density at radius 1 is 1.33 bits per heavy atom. The Bertz CT molecular complexity index is 482. The van der Waals surface area contributed by atoms with E-state index in [9.17, 15) is 0 Å². The molecule has 5 heteroatoms. The quantitative estimate of drug-likeness (QED) is 0.363. The first kappa shape index (κ1) is 15.6. The van der Waals surface area contributed by atoms with Gasteiger partial charge in [0.25, 0.3) is 0 Å². The van der Waals surface area contributed by atoms with E-state index in [1.54, 1.807) is 14.0 Å². The lowest BCUT2D eigenvalue weighted by atomic mass is 10.1. The summed E-state index contributed by atoms with van der Waals surface area (Å²) < 4.78 is 11.1. The van der Waals surface area contributed by atoms with Gasteiger partial charge in [-0.2, -0.15) is 0 Å². The zero-order valence-electron chi connectivity index (χ0n) is 12.8. The minimum Gasteiger partial charge on any atom is -0.497 e. The van der Waals surface area contributed by atoms with Gasteiger partial charge in [0.2, 0.25) is 0 Å². The molecular formula is C16H24N2O3. The molecule has 1 N–H and O–H groups in total. The molecule has 0 aromatic heterocycles. The summed E-state index contributed by atoms with van der Waals surface area (Å²) in [4.78, 5) is 2.47. The molecule has 0 radical (unpaired) electrons. The highest BCUT2D eigenvalue weighted by atomic mass is 16.5. The number of methoxy groups -OCH3 is 1. The van der Waals surface area contributed by atoms with Crippen LogP contribution in [-0.2, 0) is 0 Å². The molecule has 0 unspecified atom stereocenters. The third-order valence-electron chi connectivity index (χ3n) is 3.80. The maximum absolute atomic E-state index is 8.95. The summed E-state index contributed by atoms with van der Waals surface area (Å²) in [5.41, 5.74) is 1.33. The maximum Gasteiger partial charge on any atom is 0.132 e. The molecule has 1 aliphatic rings. The molecule has 1 aromatic carbocycles. The van der Waals surface area contributed by atoms with Crippen LogP contribution < -0.4 is 9.47 Å². The van der Waals surface area contributed by atoms with E-state index in [1.807, 2.05) is 18.2 Å². The molecule has 5 nitrogen and oxygen atoms in total. The standard InChI is InChI=1S/C16H24N2O3/c1-13(17-19)15-7-6-14(20-2)12-16(15)21-11-5-10-18-8-3-4-9-18/h6-7,12,19H,3-5,8-11H2,1-2H3/b17-13+. The van der Waals surface area contributed by atoms with Crippen LogP contribution in [0.2, 0.25) is 0 Å². The van der Waals surface area contributed by atoms with Crippen LogP contribution in [0.4, 0.5) is 0 Å². The smallest absolute Gasteiger partial charge is 0.132 e. The summed E-state index contributed by atoms with van der Waals surface area (Å²) in [5.74, 6) is 1.44. The zero-order valence-corrected chi connectivity index (χ0v) is 12.8. The fourth-order valence-corrected chi connectivity index (χ4v) is 2.58. The van der Waals surface area contributed by atoms with Crippen molar-refractivity contribution >= 4 is 5.71 Å². The first-order valence-electron chi connectivity index (χ1n) is 7.47. The van der Waals surface area contributed by atoms with E-state index in [1.165, 1.54) is 25.9 Å². The second-order valence-electron chi connectivity index (χ2n) is 5.30. The lowest BCUT2D eigenvalue weighted by Gasteiger charge is -2.16. The van der Waals surface area contributed by atoms with Crippen molar-refractivity contribution in [3.63, 3.8) is 0 Å². The average molecular weight is 292 g/mol. The third-order valence-corrected chi connectivity index (χ3v) is 3.80. The molecule has 1 heterocycles. The first-order valence-corrected chi connectivity index (χ1v) is 7.47. The highest BCUT2D eigenvalue weighted by Crippen LogP contribution is 2.25. The maximum atomic E-state index is 8.95. The van der Waals surface area contributed by atoms with Crippen LogP contribution in [0.25, 0.3) is 0 Å². The molecule has 0 aliphatic carbocycles. The lowest BCUT2D eigenvalue weighted by molar-refractivity contribution is 0.262. The molecule has 0 spiro atoms. The van der Waals surface area contributed by atoms with Gasteiger partial charge in [0.05, 0.1) is 19.4 Å². The third kappa shape index (κ3) is 4.36. The molecule has 1 fully saturated rings. The molecule has 2 rings (SSSR count). The van der Waals surface area contributed by atoms with Crippen molar-refractivity contribution < 1.29 is 14.7 Å². The van der Waals surface area contributed by atoms with Gasteiger partial charge in [0.15, 0.2) is 0 Å². The number of nitrogens with zero attached hydrogens (tertiary/aromatic N) is 2. The van der Waals surface area contributed by atoms with E-state index < -0.39 is 0 Å². The molecule has 0 atom stereocenters. The van der Waals surface area contributed by atoms with Gasteiger partial charge < -0.3 is 19.6 Å². The number of likely N-dealkylation sites (tertiary alicyclic amines) is 1.